The van der Waals surface area contributed by atoms with Gasteiger partial charge in [0.2, 0.25) is 0 Å². The first-order chi connectivity index (χ1) is 6.22. The monoisotopic (exact) mass is 198 g/mol. The average molecular weight is 198 g/mol. The first kappa shape index (κ1) is 10.0. The van der Waals surface area contributed by atoms with Gasteiger partial charge < -0.3 is 4.55 Å². The van der Waals surface area contributed by atoms with Crippen LogP contribution in [0.2, 0.25) is 0 Å². The average Bonchev–Trinajstić information content (AvgIpc) is 2.15. The molecule has 0 heterocycles. The summed E-state index contributed by atoms with van der Waals surface area (Å²) in [4.78, 5) is 10.4. The smallest absolute Gasteiger partial charge is 0.150 e. The van der Waals surface area contributed by atoms with Gasteiger partial charge in [-0.15, -0.1) is 0 Å². The van der Waals surface area contributed by atoms with Crippen LogP contribution in [-0.4, -0.2) is 15.0 Å². The number of hydrogen-bond donors (Lipinski definition) is 1. The summed E-state index contributed by atoms with van der Waals surface area (Å²) in [5.74, 6) is 0. The number of carbonyl (C=O) groups is 1. The number of aldehydes is 1. The van der Waals surface area contributed by atoms with E-state index in [9.17, 15) is 13.6 Å². The topological polar surface area (TPSA) is 69.2 Å². The van der Waals surface area contributed by atoms with Crippen LogP contribution in [0.4, 0.5) is 0 Å². The van der Waals surface area contributed by atoms with E-state index in [0.29, 0.717) is 5.56 Å². The predicted octanol–water partition coefficient (Wildman–Crippen LogP) is 0.383. The van der Waals surface area contributed by atoms with E-state index in [2.05, 4.69) is 4.72 Å². The molecule has 1 aromatic rings. The minimum Gasteiger partial charge on any atom is -0.760 e. The van der Waals surface area contributed by atoms with E-state index in [1.807, 2.05) is 0 Å². The van der Waals surface area contributed by atoms with Crippen molar-refractivity contribution in [3.63, 3.8) is 0 Å². The van der Waals surface area contributed by atoms with E-state index in [0.717, 1.165) is 11.8 Å². The van der Waals surface area contributed by atoms with Crippen molar-refractivity contribution in [1.82, 2.24) is 4.72 Å². The Morgan fingerprint density at radius 3 is 2.92 bits per heavy atom. The van der Waals surface area contributed by atoms with Crippen molar-refractivity contribution in [1.29, 1.82) is 0 Å². The Morgan fingerprint density at radius 2 is 2.31 bits per heavy atom. The lowest BCUT2D eigenvalue weighted by Gasteiger charge is -2.06. The van der Waals surface area contributed by atoms with Crippen LogP contribution in [0, 0.1) is 0 Å². The Hall–Kier alpha value is -1.04. The molecule has 0 amide bonds. The van der Waals surface area contributed by atoms with Crippen LogP contribution < -0.4 is 4.72 Å². The fraction of sp³-hybridized carbons (Fsp3) is 0.125. The van der Waals surface area contributed by atoms with Crippen LogP contribution in [0.5, 0.6) is 0 Å². The van der Waals surface area contributed by atoms with Crippen molar-refractivity contribution in [2.75, 3.05) is 0 Å². The van der Waals surface area contributed by atoms with Gasteiger partial charge in [-0.1, -0.05) is 18.2 Å². The van der Waals surface area contributed by atoms with Crippen LogP contribution in [-0.2, 0) is 17.8 Å². The Bertz CT molecular complexity index is 327. The third kappa shape index (κ3) is 3.45. The summed E-state index contributed by atoms with van der Waals surface area (Å²) in [7, 11) is 0. The van der Waals surface area contributed by atoms with E-state index in [1.165, 1.54) is 0 Å². The second kappa shape index (κ2) is 4.86. The highest BCUT2D eigenvalue weighted by molar-refractivity contribution is 7.77. The number of benzene rings is 1. The molecule has 0 fully saturated rings. The van der Waals surface area contributed by atoms with Crippen LogP contribution in [0.3, 0.4) is 0 Å². The highest BCUT2D eigenvalue weighted by Crippen LogP contribution is 2.02. The summed E-state index contributed by atoms with van der Waals surface area (Å²) in [5, 5.41) is 0. The molecule has 1 rings (SSSR count). The molecule has 1 N–H and O–H groups in total. The normalized spacial score (nSPS) is 12.4. The Kier molecular flexibility index (Phi) is 3.75. The van der Waals surface area contributed by atoms with E-state index in [1.54, 1.807) is 24.3 Å². The summed E-state index contributed by atoms with van der Waals surface area (Å²) in [6.45, 7) is 0.206. The van der Waals surface area contributed by atoms with Gasteiger partial charge in [0.15, 0.2) is 0 Å². The van der Waals surface area contributed by atoms with E-state index < -0.39 is 11.3 Å². The maximum absolute atomic E-state index is 10.4. The Labute approximate surface area is 78.4 Å². The SMILES string of the molecule is O=Cc1cccc(CNS(=O)[O-])c1. The molecule has 1 atom stereocenters. The third-order valence-corrected chi connectivity index (χ3v) is 1.86. The standard InChI is InChI=1S/C8H9NO3S/c10-6-8-3-1-2-7(4-8)5-9-13(11)12/h1-4,6,9H,5H2,(H,11,12)/p-1. The van der Waals surface area contributed by atoms with Gasteiger partial charge in [-0.05, 0) is 11.6 Å². The third-order valence-electron chi connectivity index (χ3n) is 1.48. The number of hydrogen-bond acceptors (Lipinski definition) is 3. The van der Waals surface area contributed by atoms with Gasteiger partial charge in [0.1, 0.15) is 6.29 Å². The summed E-state index contributed by atoms with van der Waals surface area (Å²) < 4.78 is 22.5. The predicted molar refractivity (Wildman–Crippen MR) is 47.6 cm³/mol. The summed E-state index contributed by atoms with van der Waals surface area (Å²) in [6, 6.07) is 6.73. The van der Waals surface area contributed by atoms with Crippen LogP contribution >= 0.6 is 0 Å². The molecular formula is C8H8NO3S-. The molecule has 0 saturated heterocycles. The van der Waals surface area contributed by atoms with Crippen LogP contribution in [0.25, 0.3) is 0 Å². The highest BCUT2D eigenvalue weighted by Gasteiger charge is 1.93. The lowest BCUT2D eigenvalue weighted by Crippen LogP contribution is -2.15. The van der Waals surface area contributed by atoms with Crippen LogP contribution in [0.1, 0.15) is 15.9 Å². The van der Waals surface area contributed by atoms with Crippen molar-refractivity contribution in [3.05, 3.63) is 35.4 Å². The highest BCUT2D eigenvalue weighted by atomic mass is 32.2. The molecule has 0 aliphatic rings. The van der Waals surface area contributed by atoms with Gasteiger partial charge in [-0.2, -0.15) is 0 Å². The van der Waals surface area contributed by atoms with E-state index in [4.69, 9.17) is 0 Å². The van der Waals surface area contributed by atoms with Crippen molar-refractivity contribution in [2.45, 2.75) is 6.54 Å². The zero-order valence-electron chi connectivity index (χ0n) is 6.73. The van der Waals surface area contributed by atoms with Gasteiger partial charge in [0, 0.05) is 23.4 Å². The van der Waals surface area contributed by atoms with Crippen molar-refractivity contribution >= 4 is 17.6 Å². The van der Waals surface area contributed by atoms with Gasteiger partial charge in [0.05, 0.1) is 0 Å². The summed E-state index contributed by atoms with van der Waals surface area (Å²) in [5.41, 5.74) is 1.30. The molecule has 4 nitrogen and oxygen atoms in total. The first-order valence-electron chi connectivity index (χ1n) is 3.59. The molecule has 0 spiro atoms. The summed E-state index contributed by atoms with van der Waals surface area (Å²) in [6.07, 6.45) is 0.720. The molecule has 1 aromatic carbocycles. The maximum Gasteiger partial charge on any atom is 0.150 e. The Balaban J connectivity index is 2.66. The zero-order chi connectivity index (χ0) is 9.68. The maximum atomic E-state index is 10.4. The molecule has 1 unspecified atom stereocenters. The molecular weight excluding hydrogens is 190 g/mol. The van der Waals surface area contributed by atoms with Gasteiger partial charge in [0.25, 0.3) is 0 Å². The van der Waals surface area contributed by atoms with Gasteiger partial charge in [-0.25, -0.2) is 4.72 Å². The fourth-order valence-corrected chi connectivity index (χ4v) is 1.20. The fourth-order valence-electron chi connectivity index (χ4n) is 0.919. The molecule has 0 aromatic heterocycles. The Morgan fingerprint density at radius 1 is 1.54 bits per heavy atom. The lowest BCUT2D eigenvalue weighted by molar-refractivity contribution is 0.112. The molecule has 0 radical (unpaired) electrons. The second-order valence-electron chi connectivity index (χ2n) is 2.42. The molecule has 0 saturated carbocycles. The quantitative estimate of drug-likeness (QED) is 0.561. The lowest BCUT2D eigenvalue weighted by atomic mass is 10.1. The van der Waals surface area contributed by atoms with Crippen molar-refractivity contribution in [2.24, 2.45) is 0 Å². The summed E-state index contributed by atoms with van der Waals surface area (Å²) >= 11 is -2.26. The van der Waals surface area contributed by atoms with E-state index >= 15 is 0 Å². The number of nitrogens with one attached hydrogen (secondary N) is 1. The molecule has 0 bridgehead atoms. The van der Waals surface area contributed by atoms with Gasteiger partial charge >= 0.3 is 0 Å². The number of carbonyl (C=O) groups excluding carboxylic acids is 1. The minimum atomic E-state index is -2.26. The molecule has 5 heteroatoms. The second-order valence-corrected chi connectivity index (χ2v) is 3.18. The molecule has 70 valence electrons. The van der Waals surface area contributed by atoms with Crippen molar-refractivity contribution < 1.29 is 13.6 Å². The van der Waals surface area contributed by atoms with Crippen LogP contribution in [0.15, 0.2) is 24.3 Å². The minimum absolute atomic E-state index is 0.206. The first-order valence-corrected chi connectivity index (χ1v) is 4.67. The molecule has 0 aliphatic carbocycles. The number of rotatable bonds is 4. The molecule has 0 aliphatic heterocycles. The zero-order valence-corrected chi connectivity index (χ0v) is 7.54. The van der Waals surface area contributed by atoms with Gasteiger partial charge in [-0.3, -0.25) is 9.00 Å². The molecule has 13 heavy (non-hydrogen) atoms. The largest absolute Gasteiger partial charge is 0.760 e. The van der Waals surface area contributed by atoms with E-state index in [-0.39, 0.29) is 6.54 Å². The van der Waals surface area contributed by atoms with Crippen molar-refractivity contribution in [3.8, 4) is 0 Å².